The maximum atomic E-state index is 11.1. The fourth-order valence-electron chi connectivity index (χ4n) is 2.22. The van der Waals surface area contributed by atoms with E-state index >= 15 is 0 Å². The van der Waals surface area contributed by atoms with Gasteiger partial charge < -0.3 is 10.8 Å². The van der Waals surface area contributed by atoms with Crippen LogP contribution in [0, 0.1) is 0 Å². The third-order valence-corrected chi connectivity index (χ3v) is 2.79. The molecule has 1 fully saturated rings. The van der Waals surface area contributed by atoms with E-state index in [0.29, 0.717) is 0 Å². The number of nitrogens with two attached hydrogens (primary N) is 1. The van der Waals surface area contributed by atoms with Crippen molar-refractivity contribution in [1.29, 1.82) is 0 Å². The van der Waals surface area contributed by atoms with Gasteiger partial charge in [0.2, 0.25) is 0 Å². The number of amides is 1. The van der Waals surface area contributed by atoms with Crippen molar-refractivity contribution < 1.29 is 9.90 Å². The van der Waals surface area contributed by atoms with Crippen LogP contribution < -0.4 is 5.73 Å². The molecule has 0 aromatic heterocycles. The largest absolute Gasteiger partial charge is 0.465 e. The maximum absolute atomic E-state index is 11.1. The van der Waals surface area contributed by atoms with Crippen molar-refractivity contribution in [2.24, 2.45) is 5.73 Å². The average molecular weight is 200 g/mol. The molecular weight excluding hydrogens is 180 g/mol. The Balaban J connectivity index is 2.83. The van der Waals surface area contributed by atoms with Gasteiger partial charge >= 0.3 is 6.09 Å². The van der Waals surface area contributed by atoms with E-state index in [1.165, 1.54) is 4.90 Å². The number of hydrogen-bond acceptors (Lipinski definition) is 2. The molecule has 0 bridgehead atoms. The molecule has 0 aliphatic heterocycles. The number of hydrogen-bond donors (Lipinski definition) is 2. The first-order valence-electron chi connectivity index (χ1n) is 5.12. The van der Waals surface area contributed by atoms with Crippen LogP contribution in [0.15, 0.2) is 0 Å². The molecule has 4 nitrogen and oxygen atoms in total. The molecule has 0 heterocycles. The molecule has 0 saturated heterocycles. The van der Waals surface area contributed by atoms with E-state index in [2.05, 4.69) is 0 Å². The Morgan fingerprint density at radius 3 is 2.29 bits per heavy atom. The van der Waals surface area contributed by atoms with Crippen molar-refractivity contribution in [3.63, 3.8) is 0 Å². The topological polar surface area (TPSA) is 66.6 Å². The first kappa shape index (κ1) is 11.3. The van der Waals surface area contributed by atoms with E-state index in [4.69, 9.17) is 10.8 Å². The predicted octanol–water partition coefficient (Wildman–Crippen LogP) is 1.64. The highest BCUT2D eigenvalue weighted by Crippen LogP contribution is 2.28. The minimum atomic E-state index is -0.861. The third-order valence-electron chi connectivity index (χ3n) is 2.79. The van der Waals surface area contributed by atoms with Gasteiger partial charge in [-0.15, -0.1) is 0 Å². The number of rotatable bonds is 1. The first-order valence-corrected chi connectivity index (χ1v) is 5.12. The van der Waals surface area contributed by atoms with Gasteiger partial charge in [0.25, 0.3) is 0 Å². The summed E-state index contributed by atoms with van der Waals surface area (Å²) in [6.45, 7) is 5.73. The number of carboxylic acid groups (broad SMARTS) is 1. The summed E-state index contributed by atoms with van der Waals surface area (Å²) in [7, 11) is 0. The van der Waals surface area contributed by atoms with Gasteiger partial charge in [0.05, 0.1) is 6.04 Å². The zero-order chi connectivity index (χ0) is 10.9. The van der Waals surface area contributed by atoms with Crippen molar-refractivity contribution in [2.45, 2.75) is 57.7 Å². The molecule has 3 N–H and O–H groups in total. The molecular formula is C10H20N2O2. The van der Waals surface area contributed by atoms with Crippen LogP contribution in [0.2, 0.25) is 0 Å². The molecule has 1 rings (SSSR count). The van der Waals surface area contributed by atoms with Crippen LogP contribution in [0.3, 0.4) is 0 Å². The summed E-state index contributed by atoms with van der Waals surface area (Å²) in [5, 5.41) is 9.16. The Kier molecular flexibility index (Phi) is 3.04. The summed E-state index contributed by atoms with van der Waals surface area (Å²) in [4.78, 5) is 12.7. The second-order valence-corrected chi connectivity index (χ2v) is 4.99. The van der Waals surface area contributed by atoms with E-state index < -0.39 is 6.09 Å². The maximum Gasteiger partial charge on any atom is 0.408 e. The molecule has 1 aliphatic rings. The number of nitrogens with zero attached hydrogens (tertiary/aromatic N) is 1. The molecule has 0 aromatic rings. The van der Waals surface area contributed by atoms with Gasteiger partial charge in [-0.2, -0.15) is 0 Å². The molecule has 82 valence electrons. The van der Waals surface area contributed by atoms with E-state index in [0.717, 1.165) is 19.3 Å². The van der Waals surface area contributed by atoms with E-state index in [1.807, 2.05) is 20.8 Å². The summed E-state index contributed by atoms with van der Waals surface area (Å²) in [5.74, 6) is 0. The molecule has 0 spiro atoms. The minimum absolute atomic E-state index is 0.00493. The van der Waals surface area contributed by atoms with E-state index in [9.17, 15) is 4.79 Å². The minimum Gasteiger partial charge on any atom is -0.465 e. The Morgan fingerprint density at radius 2 is 2.00 bits per heavy atom. The average Bonchev–Trinajstić information content (AvgIpc) is 2.32. The summed E-state index contributed by atoms with van der Waals surface area (Å²) < 4.78 is 0. The standard InChI is InChI=1S/C10H20N2O2/c1-10(2,3)12(9(13)14)8-6-4-5-7(8)11/h7-8H,4-6,11H2,1-3H3,(H,13,14)/t7-,8-/m0/s1. The highest BCUT2D eigenvalue weighted by atomic mass is 16.4. The van der Waals surface area contributed by atoms with Crippen molar-refractivity contribution in [1.82, 2.24) is 4.90 Å². The Labute approximate surface area is 85.1 Å². The SMILES string of the molecule is CC(C)(C)N(C(=O)O)[C@H]1CCC[C@@H]1N. The Hall–Kier alpha value is -0.770. The molecule has 0 unspecified atom stereocenters. The predicted molar refractivity (Wildman–Crippen MR) is 55.2 cm³/mol. The van der Waals surface area contributed by atoms with Crippen LogP contribution >= 0.6 is 0 Å². The molecule has 1 aliphatic carbocycles. The fourth-order valence-corrected chi connectivity index (χ4v) is 2.22. The normalized spacial score (nSPS) is 27.7. The van der Waals surface area contributed by atoms with Crippen molar-refractivity contribution >= 4 is 6.09 Å². The van der Waals surface area contributed by atoms with Crippen LogP contribution in [-0.2, 0) is 0 Å². The Morgan fingerprint density at radius 1 is 1.43 bits per heavy atom. The summed E-state index contributed by atoms with van der Waals surface area (Å²) >= 11 is 0. The molecule has 0 aromatic carbocycles. The summed E-state index contributed by atoms with van der Waals surface area (Å²) in [6, 6.07) is -0.00201. The van der Waals surface area contributed by atoms with Gasteiger partial charge in [0.1, 0.15) is 0 Å². The molecule has 14 heavy (non-hydrogen) atoms. The summed E-state index contributed by atoms with van der Waals surface area (Å²) in [6.07, 6.45) is 2.00. The highest BCUT2D eigenvalue weighted by molar-refractivity contribution is 5.66. The van der Waals surface area contributed by atoms with Crippen LogP contribution in [0.4, 0.5) is 4.79 Å². The van der Waals surface area contributed by atoms with Crippen LogP contribution in [-0.4, -0.2) is 33.7 Å². The van der Waals surface area contributed by atoms with Gasteiger partial charge in [-0.25, -0.2) is 4.79 Å². The van der Waals surface area contributed by atoms with Gasteiger partial charge in [0, 0.05) is 11.6 Å². The fraction of sp³-hybridized carbons (Fsp3) is 0.900. The third kappa shape index (κ3) is 2.18. The lowest BCUT2D eigenvalue weighted by atomic mass is 10.0. The number of carbonyl (C=O) groups is 1. The van der Waals surface area contributed by atoms with Crippen LogP contribution in [0.25, 0.3) is 0 Å². The zero-order valence-electron chi connectivity index (χ0n) is 9.16. The molecule has 1 amide bonds. The smallest absolute Gasteiger partial charge is 0.408 e. The summed E-state index contributed by atoms with van der Waals surface area (Å²) in [5.41, 5.74) is 5.55. The van der Waals surface area contributed by atoms with Crippen molar-refractivity contribution in [2.75, 3.05) is 0 Å². The molecule has 4 heteroatoms. The van der Waals surface area contributed by atoms with Gasteiger partial charge in [-0.1, -0.05) is 0 Å². The van der Waals surface area contributed by atoms with Crippen molar-refractivity contribution in [3.05, 3.63) is 0 Å². The second kappa shape index (κ2) is 3.77. The monoisotopic (exact) mass is 200 g/mol. The van der Waals surface area contributed by atoms with Crippen molar-refractivity contribution in [3.8, 4) is 0 Å². The van der Waals surface area contributed by atoms with Gasteiger partial charge in [-0.05, 0) is 40.0 Å². The highest BCUT2D eigenvalue weighted by Gasteiger charge is 2.38. The zero-order valence-corrected chi connectivity index (χ0v) is 9.16. The molecule has 0 radical (unpaired) electrons. The Bertz CT molecular complexity index is 223. The molecule has 2 atom stereocenters. The van der Waals surface area contributed by atoms with Gasteiger partial charge in [0.15, 0.2) is 0 Å². The van der Waals surface area contributed by atoms with Crippen LogP contribution in [0.5, 0.6) is 0 Å². The van der Waals surface area contributed by atoms with E-state index in [1.54, 1.807) is 0 Å². The first-order chi connectivity index (χ1) is 6.34. The van der Waals surface area contributed by atoms with Gasteiger partial charge in [-0.3, -0.25) is 4.90 Å². The quantitative estimate of drug-likeness (QED) is 0.676. The lowest BCUT2D eigenvalue weighted by molar-refractivity contribution is 0.0671. The van der Waals surface area contributed by atoms with E-state index in [-0.39, 0.29) is 17.6 Å². The second-order valence-electron chi connectivity index (χ2n) is 4.99. The lowest BCUT2D eigenvalue weighted by Gasteiger charge is -2.39. The molecule has 1 saturated carbocycles. The lowest BCUT2D eigenvalue weighted by Crippen LogP contribution is -2.55. The van der Waals surface area contributed by atoms with Crippen LogP contribution in [0.1, 0.15) is 40.0 Å².